The van der Waals surface area contributed by atoms with Crippen LogP contribution in [-0.4, -0.2) is 30.7 Å². The summed E-state index contributed by atoms with van der Waals surface area (Å²) in [5.74, 6) is 0. The van der Waals surface area contributed by atoms with Gasteiger partial charge in [-0.2, -0.15) is 0 Å². The van der Waals surface area contributed by atoms with Crippen molar-refractivity contribution in [2.75, 3.05) is 13.2 Å². The Morgan fingerprint density at radius 1 is 1.70 bits per heavy atom. The molecule has 1 N–H and O–H groups in total. The lowest BCUT2D eigenvalue weighted by Crippen LogP contribution is -2.15. The highest BCUT2D eigenvalue weighted by atomic mass is 16.7. The fraction of sp³-hybridized carbons (Fsp3) is 0.714. The number of aliphatic hydroxyl groups is 1. The maximum Gasteiger partial charge on any atom is 0.161 e. The summed E-state index contributed by atoms with van der Waals surface area (Å²) in [6.07, 6.45) is 2.11. The predicted octanol–water partition coefficient (Wildman–Crippen LogP) is 0.296. The highest BCUT2D eigenvalue weighted by Crippen LogP contribution is 2.13. The van der Waals surface area contributed by atoms with Crippen molar-refractivity contribution >= 4 is 0 Å². The Morgan fingerprint density at radius 2 is 2.50 bits per heavy atom. The van der Waals surface area contributed by atoms with Gasteiger partial charge in [-0.3, -0.25) is 0 Å². The van der Waals surface area contributed by atoms with Crippen molar-refractivity contribution in [1.82, 2.24) is 0 Å². The van der Waals surface area contributed by atoms with Gasteiger partial charge in [-0.05, 0) is 0 Å². The van der Waals surface area contributed by atoms with Crippen LogP contribution in [0.1, 0.15) is 6.42 Å². The van der Waals surface area contributed by atoms with Gasteiger partial charge >= 0.3 is 0 Å². The molecule has 0 bridgehead atoms. The third-order valence-electron chi connectivity index (χ3n) is 1.37. The van der Waals surface area contributed by atoms with E-state index in [1.807, 2.05) is 0 Å². The van der Waals surface area contributed by atoms with E-state index in [9.17, 15) is 0 Å². The molecule has 0 aromatic heterocycles. The molecule has 0 spiro atoms. The second-order valence-corrected chi connectivity index (χ2v) is 2.23. The lowest BCUT2D eigenvalue weighted by molar-refractivity contribution is -0.0615. The molecule has 2 unspecified atom stereocenters. The van der Waals surface area contributed by atoms with Crippen molar-refractivity contribution in [3.8, 4) is 0 Å². The highest BCUT2D eigenvalue weighted by molar-refractivity contribution is 4.73. The van der Waals surface area contributed by atoms with E-state index in [1.54, 1.807) is 6.08 Å². The zero-order valence-electron chi connectivity index (χ0n) is 5.82. The fourth-order valence-corrected chi connectivity index (χ4v) is 0.863. The fourth-order valence-electron chi connectivity index (χ4n) is 0.863. The third kappa shape index (κ3) is 1.80. The molecule has 1 fully saturated rings. The molecule has 0 aromatic rings. The van der Waals surface area contributed by atoms with Crippen LogP contribution in [0, 0.1) is 0 Å². The van der Waals surface area contributed by atoms with Crippen molar-refractivity contribution < 1.29 is 14.6 Å². The van der Waals surface area contributed by atoms with Gasteiger partial charge in [-0.15, -0.1) is 6.58 Å². The van der Waals surface area contributed by atoms with Crippen molar-refractivity contribution in [2.24, 2.45) is 0 Å². The minimum atomic E-state index is -0.186. The Bertz CT molecular complexity index is 113. The van der Waals surface area contributed by atoms with E-state index in [2.05, 4.69) is 6.58 Å². The third-order valence-corrected chi connectivity index (χ3v) is 1.37. The molecule has 0 aromatic carbocycles. The van der Waals surface area contributed by atoms with Crippen molar-refractivity contribution in [2.45, 2.75) is 18.8 Å². The molecule has 1 aliphatic heterocycles. The second kappa shape index (κ2) is 3.71. The predicted molar refractivity (Wildman–Crippen MR) is 36.5 cm³/mol. The lowest BCUT2D eigenvalue weighted by atomic mass is 10.4. The first-order valence-corrected chi connectivity index (χ1v) is 3.35. The molecule has 0 amide bonds. The molecule has 1 aliphatic rings. The average molecular weight is 144 g/mol. The van der Waals surface area contributed by atoms with E-state index in [1.165, 1.54) is 0 Å². The number of hydrogen-bond acceptors (Lipinski definition) is 3. The van der Waals surface area contributed by atoms with E-state index in [0.29, 0.717) is 13.0 Å². The molecule has 1 saturated heterocycles. The van der Waals surface area contributed by atoms with Gasteiger partial charge in [0.2, 0.25) is 0 Å². The van der Waals surface area contributed by atoms with Crippen LogP contribution in [0.3, 0.4) is 0 Å². The van der Waals surface area contributed by atoms with Crippen LogP contribution in [0.25, 0.3) is 0 Å². The zero-order chi connectivity index (χ0) is 7.40. The summed E-state index contributed by atoms with van der Waals surface area (Å²) in [5, 5.41) is 8.62. The van der Waals surface area contributed by atoms with Crippen molar-refractivity contribution in [1.29, 1.82) is 0 Å². The van der Waals surface area contributed by atoms with Gasteiger partial charge in [0.05, 0.1) is 13.2 Å². The van der Waals surface area contributed by atoms with E-state index in [4.69, 9.17) is 14.6 Å². The van der Waals surface area contributed by atoms with Crippen LogP contribution < -0.4 is 0 Å². The number of rotatable bonds is 3. The lowest BCUT2D eigenvalue weighted by Gasteiger charge is -2.05. The Morgan fingerprint density at radius 3 is 3.00 bits per heavy atom. The molecular weight excluding hydrogens is 132 g/mol. The van der Waals surface area contributed by atoms with Crippen molar-refractivity contribution in [3.63, 3.8) is 0 Å². The summed E-state index contributed by atoms with van der Waals surface area (Å²) in [5.41, 5.74) is 0. The van der Waals surface area contributed by atoms with E-state index in [0.717, 1.165) is 0 Å². The van der Waals surface area contributed by atoms with Gasteiger partial charge in [0.1, 0.15) is 6.10 Å². The normalized spacial score (nSPS) is 32.5. The van der Waals surface area contributed by atoms with Crippen LogP contribution in [-0.2, 0) is 9.47 Å². The molecule has 3 nitrogen and oxygen atoms in total. The SMILES string of the molecule is C=CCC1OCC(CO)O1. The molecule has 0 saturated carbocycles. The van der Waals surface area contributed by atoms with Gasteiger partial charge in [0.25, 0.3) is 0 Å². The minimum Gasteiger partial charge on any atom is -0.394 e. The first-order valence-electron chi connectivity index (χ1n) is 3.35. The highest BCUT2D eigenvalue weighted by Gasteiger charge is 2.23. The first kappa shape index (κ1) is 7.72. The molecule has 0 radical (unpaired) electrons. The molecule has 2 atom stereocenters. The van der Waals surface area contributed by atoms with E-state index < -0.39 is 0 Å². The van der Waals surface area contributed by atoms with Gasteiger partial charge in [-0.1, -0.05) is 6.08 Å². The number of hydrogen-bond donors (Lipinski definition) is 1. The smallest absolute Gasteiger partial charge is 0.161 e. The van der Waals surface area contributed by atoms with Gasteiger partial charge in [0, 0.05) is 6.42 Å². The van der Waals surface area contributed by atoms with Crippen molar-refractivity contribution in [3.05, 3.63) is 12.7 Å². The molecular formula is C7H12O3. The average Bonchev–Trinajstić information content (AvgIpc) is 2.37. The van der Waals surface area contributed by atoms with Crippen LogP contribution in [0.5, 0.6) is 0 Å². The summed E-state index contributed by atoms with van der Waals surface area (Å²) in [6, 6.07) is 0. The van der Waals surface area contributed by atoms with Gasteiger partial charge in [-0.25, -0.2) is 0 Å². The summed E-state index contributed by atoms with van der Waals surface area (Å²) in [4.78, 5) is 0. The number of aliphatic hydroxyl groups excluding tert-OH is 1. The van der Waals surface area contributed by atoms with Crippen LogP contribution in [0.15, 0.2) is 12.7 Å². The van der Waals surface area contributed by atoms with Gasteiger partial charge < -0.3 is 14.6 Å². The number of ether oxygens (including phenoxy) is 2. The quantitative estimate of drug-likeness (QED) is 0.579. The standard InChI is InChI=1S/C7H12O3/c1-2-3-7-9-5-6(4-8)10-7/h2,6-8H,1,3-5H2. The maximum absolute atomic E-state index is 8.62. The summed E-state index contributed by atoms with van der Waals surface area (Å²) >= 11 is 0. The van der Waals surface area contributed by atoms with Gasteiger partial charge in [0.15, 0.2) is 6.29 Å². The monoisotopic (exact) mass is 144 g/mol. The summed E-state index contributed by atoms with van der Waals surface area (Å²) in [7, 11) is 0. The summed E-state index contributed by atoms with van der Waals surface area (Å²) < 4.78 is 10.4. The molecule has 0 aliphatic carbocycles. The maximum atomic E-state index is 8.62. The van der Waals surface area contributed by atoms with E-state index in [-0.39, 0.29) is 19.0 Å². The molecule has 1 heterocycles. The second-order valence-electron chi connectivity index (χ2n) is 2.23. The first-order chi connectivity index (χ1) is 4.86. The van der Waals surface area contributed by atoms with E-state index >= 15 is 0 Å². The van der Waals surface area contributed by atoms with Crippen LogP contribution in [0.4, 0.5) is 0 Å². The topological polar surface area (TPSA) is 38.7 Å². The van der Waals surface area contributed by atoms with Crippen LogP contribution in [0.2, 0.25) is 0 Å². The zero-order valence-corrected chi connectivity index (χ0v) is 5.82. The molecule has 1 rings (SSSR count). The molecule has 3 heteroatoms. The largest absolute Gasteiger partial charge is 0.394 e. The summed E-state index contributed by atoms with van der Waals surface area (Å²) in [6.45, 7) is 4.08. The van der Waals surface area contributed by atoms with Crippen LogP contribution >= 0.6 is 0 Å². The molecule has 58 valence electrons. The Kier molecular flexibility index (Phi) is 2.86. The Balaban J connectivity index is 2.21. The molecule has 10 heavy (non-hydrogen) atoms. The Labute approximate surface area is 60.3 Å². The minimum absolute atomic E-state index is 0.0354. The Hall–Kier alpha value is -0.380.